The Balaban J connectivity index is 1.76. The van der Waals surface area contributed by atoms with Crippen molar-refractivity contribution in [1.29, 1.82) is 0 Å². The number of hydrogen-bond donors (Lipinski definition) is 1. The summed E-state index contributed by atoms with van der Waals surface area (Å²) in [7, 11) is 0. The summed E-state index contributed by atoms with van der Waals surface area (Å²) >= 11 is 5.65. The number of halogens is 2. The number of fused-ring (bicyclic) bond motifs is 1. The highest BCUT2D eigenvalue weighted by Crippen LogP contribution is 2.20. The molecule has 2 heterocycles. The Bertz CT molecular complexity index is 1010. The molecule has 0 unspecified atom stereocenters. The van der Waals surface area contributed by atoms with E-state index in [-0.39, 0.29) is 17.3 Å². The zero-order valence-electron chi connectivity index (χ0n) is 13.5. The Labute approximate surface area is 147 Å². The summed E-state index contributed by atoms with van der Waals surface area (Å²) in [6, 6.07) is 5.54. The van der Waals surface area contributed by atoms with Gasteiger partial charge in [-0.1, -0.05) is 17.7 Å². The molecule has 1 atom stereocenters. The number of carbonyl (C=O) groups excluding carboxylic acids is 1. The smallest absolute Gasteiger partial charge is 0.348 e. The molecular weight excluding hydrogens is 349 g/mol. The molecule has 0 saturated heterocycles. The van der Waals surface area contributed by atoms with E-state index in [2.05, 4.69) is 15.4 Å². The first kappa shape index (κ1) is 17.1. The molecule has 0 aliphatic carbocycles. The van der Waals surface area contributed by atoms with E-state index < -0.39 is 23.5 Å². The van der Waals surface area contributed by atoms with E-state index in [1.165, 1.54) is 16.5 Å². The lowest BCUT2D eigenvalue weighted by Gasteiger charge is -2.14. The number of benzene rings is 1. The Morgan fingerprint density at radius 1 is 1.40 bits per heavy atom. The molecule has 1 amide bonds. The summed E-state index contributed by atoms with van der Waals surface area (Å²) in [5.41, 5.74) is 0.794. The van der Waals surface area contributed by atoms with Crippen molar-refractivity contribution in [3.8, 4) is 0 Å². The topological polar surface area (TPSA) is 81.3 Å². The Morgan fingerprint density at radius 3 is 2.84 bits per heavy atom. The van der Waals surface area contributed by atoms with Crippen LogP contribution >= 0.6 is 11.6 Å². The summed E-state index contributed by atoms with van der Waals surface area (Å²) in [5, 5.41) is 6.75. The molecule has 0 bridgehead atoms. The number of aromatic nitrogens is 4. The van der Waals surface area contributed by atoms with Crippen molar-refractivity contribution in [2.75, 3.05) is 0 Å². The summed E-state index contributed by atoms with van der Waals surface area (Å²) in [4.78, 5) is 28.5. The third-order valence-electron chi connectivity index (χ3n) is 3.80. The van der Waals surface area contributed by atoms with Crippen LogP contribution in [0.3, 0.4) is 0 Å². The average Bonchev–Trinajstić information content (AvgIpc) is 2.87. The van der Waals surface area contributed by atoms with Crippen molar-refractivity contribution in [3.05, 3.63) is 63.0 Å². The first-order valence-electron chi connectivity index (χ1n) is 7.52. The van der Waals surface area contributed by atoms with Crippen LogP contribution in [0.5, 0.6) is 0 Å². The molecule has 25 heavy (non-hydrogen) atoms. The predicted molar refractivity (Wildman–Crippen MR) is 90.0 cm³/mol. The highest BCUT2D eigenvalue weighted by Gasteiger charge is 2.15. The normalized spacial score (nSPS) is 12.3. The number of amides is 1. The van der Waals surface area contributed by atoms with E-state index >= 15 is 0 Å². The molecule has 0 fully saturated rings. The van der Waals surface area contributed by atoms with Crippen LogP contribution in [-0.4, -0.2) is 25.1 Å². The van der Waals surface area contributed by atoms with Gasteiger partial charge in [0.15, 0.2) is 0 Å². The minimum Gasteiger partial charge on any atom is -0.348 e. The van der Waals surface area contributed by atoms with Crippen molar-refractivity contribution in [2.24, 2.45) is 0 Å². The second-order valence-corrected chi connectivity index (χ2v) is 6.03. The van der Waals surface area contributed by atoms with Crippen molar-refractivity contribution in [1.82, 2.24) is 24.5 Å². The van der Waals surface area contributed by atoms with E-state index in [4.69, 9.17) is 11.6 Å². The lowest BCUT2D eigenvalue weighted by molar-refractivity contribution is -0.122. The molecule has 1 aromatic carbocycles. The third kappa shape index (κ3) is 3.39. The van der Waals surface area contributed by atoms with Crippen molar-refractivity contribution >= 4 is 23.3 Å². The van der Waals surface area contributed by atoms with Gasteiger partial charge in [-0.2, -0.15) is 0 Å². The van der Waals surface area contributed by atoms with Crippen LogP contribution in [-0.2, 0) is 11.3 Å². The fourth-order valence-corrected chi connectivity index (χ4v) is 2.58. The molecule has 2 aromatic heterocycles. The molecule has 3 rings (SSSR count). The van der Waals surface area contributed by atoms with E-state index in [9.17, 15) is 14.0 Å². The van der Waals surface area contributed by atoms with E-state index in [1.54, 1.807) is 32.2 Å². The maximum atomic E-state index is 13.5. The van der Waals surface area contributed by atoms with Crippen molar-refractivity contribution < 1.29 is 9.18 Å². The van der Waals surface area contributed by atoms with Crippen LogP contribution in [0, 0.1) is 12.7 Å². The molecule has 130 valence electrons. The number of nitrogens with one attached hydrogen (secondary N) is 1. The fourth-order valence-electron chi connectivity index (χ4n) is 2.47. The maximum absolute atomic E-state index is 13.5. The highest BCUT2D eigenvalue weighted by molar-refractivity contribution is 6.30. The van der Waals surface area contributed by atoms with Crippen LogP contribution < -0.4 is 11.0 Å². The van der Waals surface area contributed by atoms with E-state index in [0.717, 1.165) is 4.68 Å². The lowest BCUT2D eigenvalue weighted by atomic mass is 10.1. The van der Waals surface area contributed by atoms with Gasteiger partial charge in [-0.15, -0.1) is 5.10 Å². The van der Waals surface area contributed by atoms with Crippen LogP contribution in [0.2, 0.25) is 5.02 Å². The van der Waals surface area contributed by atoms with Gasteiger partial charge in [0.1, 0.15) is 12.4 Å². The van der Waals surface area contributed by atoms with Gasteiger partial charge in [-0.3, -0.25) is 4.79 Å². The van der Waals surface area contributed by atoms with Gasteiger partial charge in [0.25, 0.3) is 5.78 Å². The number of nitrogens with zero attached hydrogens (tertiary/aromatic N) is 4. The summed E-state index contributed by atoms with van der Waals surface area (Å²) in [5.74, 6) is -0.755. The SMILES string of the molecule is Cc1ccnc2nn(CC(=O)N[C@@H](C)c3ccc(Cl)c(F)c3)c(=O)n12. The first-order chi connectivity index (χ1) is 11.9. The second kappa shape index (κ2) is 6.64. The van der Waals surface area contributed by atoms with Crippen molar-refractivity contribution in [2.45, 2.75) is 26.4 Å². The van der Waals surface area contributed by atoms with Gasteiger partial charge in [0.05, 0.1) is 11.1 Å². The molecule has 3 aromatic rings. The zero-order chi connectivity index (χ0) is 18.1. The van der Waals surface area contributed by atoms with Gasteiger partial charge >= 0.3 is 5.69 Å². The van der Waals surface area contributed by atoms with Gasteiger partial charge in [0, 0.05) is 11.9 Å². The third-order valence-corrected chi connectivity index (χ3v) is 4.10. The molecule has 1 N–H and O–H groups in total. The number of rotatable bonds is 4. The van der Waals surface area contributed by atoms with Crippen LogP contribution in [0.1, 0.15) is 24.2 Å². The average molecular weight is 364 g/mol. The molecule has 0 radical (unpaired) electrons. The summed E-state index contributed by atoms with van der Waals surface area (Å²) in [6.45, 7) is 3.19. The summed E-state index contributed by atoms with van der Waals surface area (Å²) < 4.78 is 15.9. The Hall–Kier alpha value is -2.74. The highest BCUT2D eigenvalue weighted by atomic mass is 35.5. The van der Waals surface area contributed by atoms with Gasteiger partial charge in [0.2, 0.25) is 5.91 Å². The Kier molecular flexibility index (Phi) is 4.54. The van der Waals surface area contributed by atoms with Gasteiger partial charge in [-0.25, -0.2) is 23.3 Å². The quantitative estimate of drug-likeness (QED) is 0.767. The van der Waals surface area contributed by atoms with Gasteiger partial charge in [-0.05, 0) is 37.6 Å². The monoisotopic (exact) mass is 363 g/mol. The minimum absolute atomic E-state index is 0.0152. The van der Waals surface area contributed by atoms with Gasteiger partial charge < -0.3 is 5.32 Å². The second-order valence-electron chi connectivity index (χ2n) is 5.62. The van der Waals surface area contributed by atoms with E-state index in [1.807, 2.05) is 0 Å². The first-order valence-corrected chi connectivity index (χ1v) is 7.90. The molecule has 7 nitrogen and oxygen atoms in total. The molecule has 0 aliphatic rings. The fraction of sp³-hybridized carbons (Fsp3) is 0.250. The minimum atomic E-state index is -0.557. The number of carbonyl (C=O) groups is 1. The standard InChI is InChI=1S/C16H15ClFN5O2/c1-9-5-6-19-15-21-22(16(25)23(9)15)8-14(24)20-10(2)11-3-4-12(17)13(18)7-11/h3-7,10H,8H2,1-2H3,(H,20,24)/t10-/m0/s1. The number of hydrogen-bond acceptors (Lipinski definition) is 4. The van der Waals surface area contributed by atoms with Crippen molar-refractivity contribution in [3.63, 3.8) is 0 Å². The predicted octanol–water partition coefficient (Wildman–Crippen LogP) is 1.87. The molecule has 0 saturated carbocycles. The van der Waals surface area contributed by atoms with Crippen LogP contribution in [0.15, 0.2) is 35.3 Å². The molecule has 0 spiro atoms. The molecule has 0 aliphatic heterocycles. The molecule has 9 heteroatoms. The molecular formula is C16H15ClFN5O2. The largest absolute Gasteiger partial charge is 0.352 e. The Morgan fingerprint density at radius 2 is 2.16 bits per heavy atom. The number of aryl methyl sites for hydroxylation is 1. The summed E-state index contributed by atoms with van der Waals surface area (Å²) in [6.07, 6.45) is 1.54. The van der Waals surface area contributed by atoms with Crippen LogP contribution in [0.4, 0.5) is 4.39 Å². The lowest BCUT2D eigenvalue weighted by Crippen LogP contribution is -2.34. The van der Waals surface area contributed by atoms with E-state index in [0.29, 0.717) is 11.3 Å². The maximum Gasteiger partial charge on any atom is 0.352 e. The zero-order valence-corrected chi connectivity index (χ0v) is 14.3. The van der Waals surface area contributed by atoms with Crippen LogP contribution in [0.25, 0.3) is 5.78 Å².